The molecule has 0 spiro atoms. The minimum Gasteiger partial charge on any atom is -0.490 e. The zero-order valence-corrected chi connectivity index (χ0v) is 17.8. The Morgan fingerprint density at radius 1 is 1.33 bits per heavy atom. The number of rotatable bonds is 5. The summed E-state index contributed by atoms with van der Waals surface area (Å²) in [4.78, 5) is 20.6. The summed E-state index contributed by atoms with van der Waals surface area (Å²) in [5.41, 5.74) is 6.72. The minimum absolute atomic E-state index is 0.153. The van der Waals surface area contributed by atoms with Crippen molar-refractivity contribution < 1.29 is 18.7 Å². The van der Waals surface area contributed by atoms with Crippen LogP contribution in [-0.2, 0) is 16.0 Å². The van der Waals surface area contributed by atoms with Crippen LogP contribution < -0.4 is 10.5 Å². The van der Waals surface area contributed by atoms with Gasteiger partial charge in [-0.3, -0.25) is 9.69 Å². The normalized spacial score (nSPS) is 29.8. The third kappa shape index (κ3) is 3.92. The summed E-state index contributed by atoms with van der Waals surface area (Å²) in [7, 11) is 0. The summed E-state index contributed by atoms with van der Waals surface area (Å²) in [6.45, 7) is 1.66. The predicted molar refractivity (Wildman–Crippen MR) is 114 cm³/mol. The van der Waals surface area contributed by atoms with Gasteiger partial charge in [0.15, 0.2) is 0 Å². The molecular formula is C22H28FN3O3S. The zero-order chi connectivity index (χ0) is 20.7. The maximum absolute atomic E-state index is 13.6. The lowest BCUT2D eigenvalue weighted by Crippen LogP contribution is -2.48. The highest BCUT2D eigenvalue weighted by atomic mass is 32.1. The lowest BCUT2D eigenvalue weighted by Gasteiger charge is -2.39. The number of morpholine rings is 1. The van der Waals surface area contributed by atoms with Crippen molar-refractivity contribution in [2.45, 2.75) is 69.4 Å². The van der Waals surface area contributed by atoms with Gasteiger partial charge in [0.1, 0.15) is 10.6 Å². The van der Waals surface area contributed by atoms with Crippen molar-refractivity contribution in [2.24, 2.45) is 5.73 Å². The molecule has 2 aromatic heterocycles. The SMILES string of the molecule is NC(=O)C[C@H]1CCc2sc3nccc(OC4CCC(N5CCO[C@@H](F)C5)CC4)c3c21. The Morgan fingerprint density at radius 2 is 2.17 bits per heavy atom. The Balaban J connectivity index is 1.30. The topological polar surface area (TPSA) is 77.7 Å². The van der Waals surface area contributed by atoms with Gasteiger partial charge in [-0.05, 0) is 56.1 Å². The molecule has 0 unspecified atom stereocenters. The number of aryl methyl sites for hydroxylation is 1. The van der Waals surface area contributed by atoms with Crippen LogP contribution in [0.1, 0.15) is 54.9 Å². The molecule has 0 aromatic carbocycles. The number of amides is 1. The van der Waals surface area contributed by atoms with Crippen molar-refractivity contribution in [1.29, 1.82) is 0 Å². The van der Waals surface area contributed by atoms with E-state index in [4.69, 9.17) is 15.2 Å². The molecule has 6 nitrogen and oxygen atoms in total. The molecule has 3 aliphatic rings. The average molecular weight is 434 g/mol. The number of alkyl halides is 1. The number of aromatic nitrogens is 1. The Morgan fingerprint density at radius 3 is 2.93 bits per heavy atom. The lowest BCUT2D eigenvalue weighted by atomic mass is 9.91. The summed E-state index contributed by atoms with van der Waals surface area (Å²) < 4.78 is 25.1. The molecular weight excluding hydrogens is 405 g/mol. The molecule has 1 amide bonds. The Labute approximate surface area is 179 Å². The van der Waals surface area contributed by atoms with Crippen LogP contribution in [0.5, 0.6) is 5.75 Å². The number of hydrogen-bond donors (Lipinski definition) is 1. The first-order valence-corrected chi connectivity index (χ1v) is 11.7. The highest BCUT2D eigenvalue weighted by Crippen LogP contribution is 2.48. The zero-order valence-electron chi connectivity index (χ0n) is 17.0. The van der Waals surface area contributed by atoms with Gasteiger partial charge in [0.2, 0.25) is 12.3 Å². The van der Waals surface area contributed by atoms with E-state index in [0.717, 1.165) is 61.0 Å². The van der Waals surface area contributed by atoms with E-state index in [0.29, 0.717) is 25.6 Å². The number of nitrogens with zero attached hydrogens (tertiary/aromatic N) is 2. The molecule has 1 saturated heterocycles. The smallest absolute Gasteiger partial charge is 0.218 e. The first-order valence-electron chi connectivity index (χ1n) is 10.9. The maximum Gasteiger partial charge on any atom is 0.218 e. The molecule has 3 heterocycles. The molecule has 2 aromatic rings. The van der Waals surface area contributed by atoms with E-state index in [-0.39, 0.29) is 17.9 Å². The van der Waals surface area contributed by atoms with Crippen molar-refractivity contribution in [3.63, 3.8) is 0 Å². The molecule has 2 atom stereocenters. The van der Waals surface area contributed by atoms with E-state index in [1.807, 2.05) is 12.3 Å². The quantitative estimate of drug-likeness (QED) is 0.781. The third-order valence-electron chi connectivity index (χ3n) is 6.75. The fourth-order valence-electron chi connectivity index (χ4n) is 5.34. The monoisotopic (exact) mass is 433 g/mol. The van der Waals surface area contributed by atoms with Gasteiger partial charge in [-0.1, -0.05) is 0 Å². The van der Waals surface area contributed by atoms with Crippen LogP contribution in [0.4, 0.5) is 4.39 Å². The minimum atomic E-state index is -1.16. The second kappa shape index (κ2) is 8.40. The van der Waals surface area contributed by atoms with Gasteiger partial charge < -0.3 is 15.2 Å². The summed E-state index contributed by atoms with van der Waals surface area (Å²) in [6.07, 6.45) is 7.07. The van der Waals surface area contributed by atoms with Crippen molar-refractivity contribution >= 4 is 27.5 Å². The number of hydrogen-bond acceptors (Lipinski definition) is 6. The number of primary amides is 1. The Bertz CT molecular complexity index is 928. The van der Waals surface area contributed by atoms with E-state index in [9.17, 15) is 9.18 Å². The summed E-state index contributed by atoms with van der Waals surface area (Å²) >= 11 is 1.72. The molecule has 0 radical (unpaired) electrons. The molecule has 0 bridgehead atoms. The van der Waals surface area contributed by atoms with Crippen LogP contribution >= 0.6 is 11.3 Å². The number of fused-ring (bicyclic) bond motifs is 3. The van der Waals surface area contributed by atoms with Crippen molar-refractivity contribution in [2.75, 3.05) is 19.7 Å². The number of pyridine rings is 1. The van der Waals surface area contributed by atoms with E-state index in [1.165, 1.54) is 10.4 Å². The number of thiophene rings is 1. The van der Waals surface area contributed by atoms with Crippen molar-refractivity contribution in [1.82, 2.24) is 9.88 Å². The van der Waals surface area contributed by atoms with Gasteiger partial charge in [0.25, 0.3) is 0 Å². The van der Waals surface area contributed by atoms with Crippen LogP contribution in [0.25, 0.3) is 10.2 Å². The third-order valence-corrected chi connectivity index (χ3v) is 7.93. The van der Waals surface area contributed by atoms with Crippen LogP contribution in [0.3, 0.4) is 0 Å². The van der Waals surface area contributed by atoms with Crippen LogP contribution in [0.2, 0.25) is 0 Å². The Hall–Kier alpha value is -1.77. The molecule has 30 heavy (non-hydrogen) atoms. The van der Waals surface area contributed by atoms with E-state index in [2.05, 4.69) is 9.88 Å². The first kappa shape index (κ1) is 20.2. The average Bonchev–Trinajstić information content (AvgIpc) is 3.28. The van der Waals surface area contributed by atoms with Crippen LogP contribution in [0.15, 0.2) is 12.3 Å². The molecule has 2 fully saturated rings. The van der Waals surface area contributed by atoms with E-state index < -0.39 is 6.36 Å². The van der Waals surface area contributed by atoms with Gasteiger partial charge in [-0.25, -0.2) is 9.37 Å². The summed E-state index contributed by atoms with van der Waals surface area (Å²) in [5, 5.41) is 1.08. The number of carbonyl (C=O) groups excluding carboxylic acids is 1. The maximum atomic E-state index is 13.6. The van der Waals surface area contributed by atoms with Gasteiger partial charge in [-0.15, -0.1) is 11.3 Å². The molecule has 1 aliphatic heterocycles. The standard InChI is InChI=1S/C22H28FN3O3S/c23-18-12-26(9-10-28-18)14-2-4-15(5-3-14)29-16-7-8-25-22-21(16)20-13(11-19(24)27)1-6-17(20)30-22/h7-8,13-15,18H,1-6,9-12H2,(H2,24,27)/t13-,14?,15?,18-/m1/s1. The summed E-state index contributed by atoms with van der Waals surface area (Å²) in [5.74, 6) is 0.798. The Kier molecular flexibility index (Phi) is 5.64. The van der Waals surface area contributed by atoms with Crippen molar-refractivity contribution in [3.05, 3.63) is 22.7 Å². The lowest BCUT2D eigenvalue weighted by molar-refractivity contribution is -0.118. The fourth-order valence-corrected chi connectivity index (χ4v) is 6.60. The second-order valence-corrected chi connectivity index (χ2v) is 9.74. The van der Waals surface area contributed by atoms with Gasteiger partial charge >= 0.3 is 0 Å². The number of ether oxygens (including phenoxy) is 2. The van der Waals surface area contributed by atoms with Crippen LogP contribution in [0, 0.1) is 0 Å². The largest absolute Gasteiger partial charge is 0.490 e. The van der Waals surface area contributed by atoms with E-state index >= 15 is 0 Å². The number of carbonyl (C=O) groups is 1. The highest BCUT2D eigenvalue weighted by Gasteiger charge is 2.33. The second-order valence-electron chi connectivity index (χ2n) is 8.66. The molecule has 5 rings (SSSR count). The van der Waals surface area contributed by atoms with Gasteiger partial charge in [0.05, 0.1) is 24.6 Å². The number of halogens is 1. The molecule has 162 valence electrons. The van der Waals surface area contributed by atoms with Crippen molar-refractivity contribution in [3.8, 4) is 5.75 Å². The van der Waals surface area contributed by atoms with Crippen LogP contribution in [-0.4, -0.2) is 54.0 Å². The summed E-state index contributed by atoms with van der Waals surface area (Å²) in [6, 6.07) is 2.37. The van der Waals surface area contributed by atoms with Gasteiger partial charge in [0, 0.05) is 30.1 Å². The van der Waals surface area contributed by atoms with E-state index in [1.54, 1.807) is 11.3 Å². The predicted octanol–water partition coefficient (Wildman–Crippen LogP) is 3.52. The van der Waals surface area contributed by atoms with Gasteiger partial charge in [-0.2, -0.15) is 0 Å². The first-order chi connectivity index (χ1) is 14.6. The highest BCUT2D eigenvalue weighted by molar-refractivity contribution is 7.19. The fraction of sp³-hybridized carbons (Fsp3) is 0.636. The molecule has 8 heteroatoms. The molecule has 2 N–H and O–H groups in total. The number of nitrogens with two attached hydrogens (primary N) is 1. The molecule has 1 saturated carbocycles. The molecule has 2 aliphatic carbocycles.